The van der Waals surface area contributed by atoms with Crippen LogP contribution in [-0.4, -0.2) is 43.3 Å². The van der Waals surface area contributed by atoms with Crippen LogP contribution < -0.4 is 16.4 Å². The number of nitrogens with zero attached hydrogens (tertiary/aromatic N) is 1. The molecular formula is C6H14N4O. The van der Waals surface area contributed by atoms with E-state index in [1.54, 1.807) is 0 Å². The van der Waals surface area contributed by atoms with Gasteiger partial charge in [-0.1, -0.05) is 0 Å². The van der Waals surface area contributed by atoms with Crippen LogP contribution in [0.2, 0.25) is 0 Å². The molecule has 1 aliphatic heterocycles. The first kappa shape index (κ1) is 8.29. The lowest BCUT2D eigenvalue weighted by Crippen LogP contribution is -2.40. The van der Waals surface area contributed by atoms with Gasteiger partial charge in [-0.2, -0.15) is 0 Å². The van der Waals surface area contributed by atoms with Gasteiger partial charge in [-0.25, -0.2) is 0 Å². The molecule has 0 spiro atoms. The third-order valence-electron chi connectivity index (χ3n) is 1.45. The minimum absolute atomic E-state index is 0.278. The molecule has 0 radical (unpaired) electrons. The van der Waals surface area contributed by atoms with Crippen molar-refractivity contribution in [3.8, 4) is 0 Å². The van der Waals surface area contributed by atoms with E-state index in [4.69, 9.17) is 10.8 Å². The van der Waals surface area contributed by atoms with Crippen LogP contribution in [0, 0.1) is 0 Å². The zero-order valence-corrected chi connectivity index (χ0v) is 6.38. The molecule has 5 N–H and O–H groups in total. The summed E-state index contributed by atoms with van der Waals surface area (Å²) in [4.78, 5) is 4.08. The maximum Gasteiger partial charge on any atom is 0.191 e. The van der Waals surface area contributed by atoms with Crippen LogP contribution in [0.15, 0.2) is 4.99 Å². The summed E-state index contributed by atoms with van der Waals surface area (Å²) in [5.41, 5.74) is 5.21. The van der Waals surface area contributed by atoms with Crippen molar-refractivity contribution in [3.05, 3.63) is 0 Å². The van der Waals surface area contributed by atoms with E-state index in [9.17, 15) is 0 Å². The molecule has 1 aliphatic rings. The smallest absolute Gasteiger partial charge is 0.191 e. The summed E-state index contributed by atoms with van der Waals surface area (Å²) in [7, 11) is 0. The molecule has 0 saturated heterocycles. The van der Waals surface area contributed by atoms with Crippen molar-refractivity contribution in [1.82, 2.24) is 10.6 Å². The second-order valence-electron chi connectivity index (χ2n) is 2.43. The number of nitrogens with two attached hydrogens (primary N) is 1. The van der Waals surface area contributed by atoms with Crippen molar-refractivity contribution in [1.29, 1.82) is 0 Å². The summed E-state index contributed by atoms with van der Waals surface area (Å²) >= 11 is 0. The first-order valence-corrected chi connectivity index (χ1v) is 3.73. The maximum absolute atomic E-state index is 9.05. The Kier molecular flexibility index (Phi) is 3.13. The van der Waals surface area contributed by atoms with Gasteiger partial charge in [-0.05, 0) is 0 Å². The molecule has 0 aromatic rings. The van der Waals surface area contributed by atoms with E-state index in [-0.39, 0.29) is 6.54 Å². The van der Waals surface area contributed by atoms with E-state index in [2.05, 4.69) is 15.6 Å². The van der Waals surface area contributed by atoms with Crippen molar-refractivity contribution in [2.75, 3.05) is 26.2 Å². The van der Waals surface area contributed by atoms with Crippen LogP contribution in [0.4, 0.5) is 0 Å². The molecule has 5 nitrogen and oxygen atoms in total. The molecule has 0 amide bonds. The van der Waals surface area contributed by atoms with Crippen LogP contribution in [0.1, 0.15) is 0 Å². The summed E-state index contributed by atoms with van der Waals surface area (Å²) in [6.45, 7) is 2.42. The second-order valence-corrected chi connectivity index (χ2v) is 2.43. The van der Waals surface area contributed by atoms with Gasteiger partial charge in [0.2, 0.25) is 0 Å². The Morgan fingerprint density at radius 2 is 2.64 bits per heavy atom. The van der Waals surface area contributed by atoms with E-state index < -0.39 is 6.10 Å². The fourth-order valence-corrected chi connectivity index (χ4v) is 0.814. The van der Waals surface area contributed by atoms with E-state index in [1.807, 2.05) is 0 Å². The maximum atomic E-state index is 9.05. The Morgan fingerprint density at radius 3 is 3.18 bits per heavy atom. The quantitative estimate of drug-likeness (QED) is 0.377. The lowest BCUT2D eigenvalue weighted by Gasteiger charge is -2.09. The Hall–Kier alpha value is -0.810. The zero-order chi connectivity index (χ0) is 8.10. The molecule has 1 heterocycles. The van der Waals surface area contributed by atoms with Gasteiger partial charge in [0.1, 0.15) is 0 Å². The van der Waals surface area contributed by atoms with Gasteiger partial charge in [-0.15, -0.1) is 0 Å². The number of nitrogens with one attached hydrogen (secondary N) is 2. The summed E-state index contributed by atoms with van der Waals surface area (Å²) in [5, 5.41) is 15.0. The highest BCUT2D eigenvalue weighted by molar-refractivity contribution is 5.81. The highest BCUT2D eigenvalue weighted by Crippen LogP contribution is 1.82. The number of hydrogen-bond acceptors (Lipinski definition) is 5. The summed E-state index contributed by atoms with van der Waals surface area (Å²) in [6.07, 6.45) is -0.486. The molecule has 1 unspecified atom stereocenters. The molecule has 0 bridgehead atoms. The summed E-state index contributed by atoms with van der Waals surface area (Å²) < 4.78 is 0. The van der Waals surface area contributed by atoms with Gasteiger partial charge >= 0.3 is 0 Å². The first-order chi connectivity index (χ1) is 5.33. The number of rotatable bonds is 3. The van der Waals surface area contributed by atoms with Gasteiger partial charge in [0.05, 0.1) is 12.6 Å². The number of aliphatic imine (C=N–C) groups is 1. The third-order valence-corrected chi connectivity index (χ3v) is 1.45. The lowest BCUT2D eigenvalue weighted by atomic mass is 10.3. The number of aliphatic hydroxyl groups is 1. The van der Waals surface area contributed by atoms with Crippen LogP contribution in [0.25, 0.3) is 0 Å². The summed E-state index contributed by atoms with van der Waals surface area (Å²) in [6, 6.07) is 0. The van der Waals surface area contributed by atoms with E-state index >= 15 is 0 Å². The number of guanidine groups is 1. The Morgan fingerprint density at radius 1 is 1.82 bits per heavy atom. The monoisotopic (exact) mass is 158 g/mol. The molecule has 0 saturated carbocycles. The molecular weight excluding hydrogens is 144 g/mol. The molecule has 11 heavy (non-hydrogen) atoms. The number of hydrogen-bond donors (Lipinski definition) is 4. The summed E-state index contributed by atoms with van der Waals surface area (Å²) in [5.74, 6) is 0.762. The Balaban J connectivity index is 2.11. The Labute approximate surface area is 65.7 Å². The van der Waals surface area contributed by atoms with Crippen molar-refractivity contribution in [2.24, 2.45) is 10.7 Å². The molecule has 64 valence electrons. The van der Waals surface area contributed by atoms with Gasteiger partial charge in [-0.3, -0.25) is 4.99 Å². The number of aliphatic hydroxyl groups excluding tert-OH is 1. The van der Waals surface area contributed by atoms with Gasteiger partial charge in [0.15, 0.2) is 5.96 Å². The van der Waals surface area contributed by atoms with Gasteiger partial charge in [0.25, 0.3) is 0 Å². The standard InChI is InChI=1S/C6H14N4O/c7-3-5(11)4-10-6-8-1-2-9-6/h5,11H,1-4,7H2,(H2,8,9,10). The van der Waals surface area contributed by atoms with Crippen molar-refractivity contribution in [3.63, 3.8) is 0 Å². The Bertz CT molecular complexity index is 148. The molecule has 1 rings (SSSR count). The van der Waals surface area contributed by atoms with Crippen LogP contribution in [0.3, 0.4) is 0 Å². The van der Waals surface area contributed by atoms with E-state index in [0.717, 1.165) is 19.0 Å². The van der Waals surface area contributed by atoms with Crippen LogP contribution in [-0.2, 0) is 0 Å². The minimum atomic E-state index is -0.486. The minimum Gasteiger partial charge on any atom is -0.390 e. The van der Waals surface area contributed by atoms with E-state index in [1.165, 1.54) is 0 Å². The van der Waals surface area contributed by atoms with Gasteiger partial charge < -0.3 is 21.5 Å². The average Bonchev–Trinajstić information content (AvgIpc) is 2.52. The fourth-order valence-electron chi connectivity index (χ4n) is 0.814. The lowest BCUT2D eigenvalue weighted by molar-refractivity contribution is 0.185. The van der Waals surface area contributed by atoms with Crippen molar-refractivity contribution in [2.45, 2.75) is 6.10 Å². The molecule has 0 fully saturated rings. The van der Waals surface area contributed by atoms with Crippen LogP contribution >= 0.6 is 0 Å². The third kappa shape index (κ3) is 2.73. The normalized spacial score (nSPS) is 18.9. The van der Waals surface area contributed by atoms with Crippen molar-refractivity contribution < 1.29 is 5.11 Å². The molecule has 0 aromatic heterocycles. The van der Waals surface area contributed by atoms with Crippen LogP contribution in [0.5, 0.6) is 0 Å². The largest absolute Gasteiger partial charge is 0.390 e. The van der Waals surface area contributed by atoms with E-state index in [0.29, 0.717) is 6.54 Å². The average molecular weight is 158 g/mol. The topological polar surface area (TPSA) is 82.7 Å². The highest BCUT2D eigenvalue weighted by Gasteiger charge is 2.05. The molecule has 5 heteroatoms. The fraction of sp³-hybridized carbons (Fsp3) is 0.833. The first-order valence-electron chi connectivity index (χ1n) is 3.73. The molecule has 0 aliphatic carbocycles. The highest BCUT2D eigenvalue weighted by atomic mass is 16.3. The predicted octanol–water partition coefficient (Wildman–Crippen LogP) is -2.15. The predicted molar refractivity (Wildman–Crippen MR) is 43.4 cm³/mol. The van der Waals surface area contributed by atoms with Crippen molar-refractivity contribution >= 4 is 5.96 Å². The zero-order valence-electron chi connectivity index (χ0n) is 6.38. The molecule has 0 aromatic carbocycles. The van der Waals surface area contributed by atoms with Gasteiger partial charge in [0, 0.05) is 19.6 Å². The second kappa shape index (κ2) is 4.15. The SMILES string of the molecule is NCC(O)CNC1=NCCN1. The molecule has 1 atom stereocenters.